The second kappa shape index (κ2) is 4.78. The monoisotopic (exact) mass is 281 g/mol. The van der Waals surface area contributed by atoms with Gasteiger partial charge in [-0.15, -0.1) is 10.2 Å². The Kier molecular flexibility index (Phi) is 3.11. The number of hydrogen-bond donors (Lipinski definition) is 2. The first-order chi connectivity index (χ1) is 9.11. The molecule has 1 aliphatic rings. The molecule has 0 spiro atoms. The summed E-state index contributed by atoms with van der Waals surface area (Å²) < 4.78 is 5.19. The molecule has 102 valence electrons. The summed E-state index contributed by atoms with van der Waals surface area (Å²) in [6, 6.07) is 1.90. The van der Waals surface area contributed by atoms with Gasteiger partial charge in [0.15, 0.2) is 0 Å². The number of rotatable bonds is 3. The number of nitrogens with two attached hydrogens (primary N) is 1. The maximum Gasteiger partial charge on any atom is 0.210 e. The van der Waals surface area contributed by atoms with Gasteiger partial charge in [-0.1, -0.05) is 16.5 Å². The van der Waals surface area contributed by atoms with Gasteiger partial charge in [-0.2, -0.15) is 0 Å². The van der Waals surface area contributed by atoms with Crippen LogP contribution in [0, 0.1) is 12.8 Å². The van der Waals surface area contributed by atoms with Gasteiger partial charge in [0.25, 0.3) is 0 Å². The molecule has 19 heavy (non-hydrogen) atoms. The van der Waals surface area contributed by atoms with Gasteiger partial charge in [0.05, 0.1) is 11.8 Å². The van der Waals surface area contributed by atoms with E-state index >= 15 is 0 Å². The molecule has 3 heterocycles. The van der Waals surface area contributed by atoms with Gasteiger partial charge in [0.2, 0.25) is 10.3 Å². The number of hydrogen-bond acceptors (Lipinski definition) is 8. The molecule has 2 aromatic rings. The quantitative estimate of drug-likeness (QED) is 0.842. The van der Waals surface area contributed by atoms with Gasteiger partial charge in [0.1, 0.15) is 5.76 Å². The number of aliphatic hydroxyl groups excluding tert-OH is 1. The smallest absolute Gasteiger partial charge is 0.210 e. The summed E-state index contributed by atoms with van der Waals surface area (Å²) in [6.45, 7) is 3.15. The fraction of sp³-hybridized carbons (Fsp3) is 0.545. The van der Waals surface area contributed by atoms with E-state index in [4.69, 9.17) is 10.3 Å². The average molecular weight is 281 g/mol. The summed E-state index contributed by atoms with van der Waals surface area (Å²) in [6.07, 6.45) is 0.266. The predicted octanol–water partition coefficient (Wildman–Crippen LogP) is 0.457. The normalized spacial score (nSPS) is 23.2. The first-order valence-corrected chi connectivity index (χ1v) is 6.87. The molecule has 0 amide bonds. The highest BCUT2D eigenvalue weighted by atomic mass is 32.1. The van der Waals surface area contributed by atoms with Crippen molar-refractivity contribution in [1.29, 1.82) is 0 Å². The highest BCUT2D eigenvalue weighted by Gasteiger charge is 2.33. The lowest BCUT2D eigenvalue weighted by Gasteiger charge is -2.12. The van der Waals surface area contributed by atoms with Crippen molar-refractivity contribution in [3.63, 3.8) is 0 Å². The zero-order chi connectivity index (χ0) is 13.4. The van der Waals surface area contributed by atoms with Gasteiger partial charge in [-0.05, 0) is 6.92 Å². The van der Waals surface area contributed by atoms with Crippen molar-refractivity contribution >= 4 is 21.6 Å². The highest BCUT2D eigenvalue weighted by Crippen LogP contribution is 2.29. The molecule has 0 bridgehead atoms. The van der Waals surface area contributed by atoms with Gasteiger partial charge >= 0.3 is 0 Å². The van der Waals surface area contributed by atoms with Crippen molar-refractivity contribution < 1.29 is 9.63 Å². The minimum atomic E-state index is -0.407. The van der Waals surface area contributed by atoms with E-state index < -0.39 is 6.10 Å². The molecule has 2 atom stereocenters. The van der Waals surface area contributed by atoms with Crippen LogP contribution in [0.2, 0.25) is 0 Å². The lowest BCUT2D eigenvalue weighted by Crippen LogP contribution is -2.20. The zero-order valence-corrected chi connectivity index (χ0v) is 11.3. The highest BCUT2D eigenvalue weighted by molar-refractivity contribution is 7.18. The second-order valence-electron chi connectivity index (χ2n) is 4.79. The van der Waals surface area contributed by atoms with Gasteiger partial charge < -0.3 is 20.3 Å². The summed E-state index contributed by atoms with van der Waals surface area (Å²) in [4.78, 5) is 2.01. The molecular weight excluding hydrogens is 266 g/mol. The summed E-state index contributed by atoms with van der Waals surface area (Å²) in [7, 11) is 0. The number of nitrogens with zero attached hydrogens (tertiary/aromatic N) is 4. The molecular formula is C11H15N5O2S. The van der Waals surface area contributed by atoms with Gasteiger partial charge in [-0.3, -0.25) is 0 Å². The summed E-state index contributed by atoms with van der Waals surface area (Å²) >= 11 is 1.33. The predicted molar refractivity (Wildman–Crippen MR) is 71.0 cm³/mol. The number of aliphatic hydroxyl groups is 1. The molecule has 0 aromatic carbocycles. The SMILES string of the molecule is Cc1cc(C[C@@H]2CN(c3nnc(N)s3)C[C@@H]2O)on1. The molecule has 0 unspecified atom stereocenters. The Morgan fingerprint density at radius 3 is 3.00 bits per heavy atom. The molecule has 0 saturated carbocycles. The van der Waals surface area contributed by atoms with Crippen molar-refractivity contribution in [3.8, 4) is 0 Å². The minimum Gasteiger partial charge on any atom is -0.391 e. The Labute approximate surface area is 114 Å². The molecule has 3 N–H and O–H groups in total. The third-order valence-electron chi connectivity index (χ3n) is 3.25. The standard InChI is InChI=1S/C11H15N5O2S/c1-6-2-8(18-15-6)3-7-4-16(5-9(7)17)11-14-13-10(12)19-11/h2,7,9,17H,3-5H2,1H3,(H2,12,13)/t7-,9+/m1/s1. The van der Waals surface area contributed by atoms with Crippen LogP contribution in [0.4, 0.5) is 10.3 Å². The van der Waals surface area contributed by atoms with Crippen molar-refractivity contribution in [2.75, 3.05) is 23.7 Å². The Bertz CT molecular complexity index is 569. The Morgan fingerprint density at radius 1 is 1.53 bits per heavy atom. The van der Waals surface area contributed by atoms with Crippen molar-refractivity contribution in [3.05, 3.63) is 17.5 Å². The fourth-order valence-electron chi connectivity index (χ4n) is 2.34. The van der Waals surface area contributed by atoms with Crippen LogP contribution < -0.4 is 10.6 Å². The van der Waals surface area contributed by atoms with Crippen LogP contribution in [0.1, 0.15) is 11.5 Å². The van der Waals surface area contributed by atoms with Crippen LogP contribution in [-0.4, -0.2) is 39.7 Å². The lowest BCUT2D eigenvalue weighted by atomic mass is 10.0. The lowest BCUT2D eigenvalue weighted by molar-refractivity contribution is 0.143. The van der Waals surface area contributed by atoms with Crippen LogP contribution >= 0.6 is 11.3 Å². The third kappa shape index (κ3) is 2.54. The van der Waals surface area contributed by atoms with Crippen LogP contribution in [0.3, 0.4) is 0 Å². The first kappa shape index (κ1) is 12.4. The van der Waals surface area contributed by atoms with Crippen LogP contribution in [-0.2, 0) is 6.42 Å². The number of aryl methyl sites for hydroxylation is 1. The Morgan fingerprint density at radius 2 is 2.37 bits per heavy atom. The molecule has 1 saturated heterocycles. The first-order valence-electron chi connectivity index (χ1n) is 6.06. The molecule has 0 radical (unpaired) electrons. The van der Waals surface area contributed by atoms with Gasteiger partial charge in [0, 0.05) is 31.5 Å². The van der Waals surface area contributed by atoms with Crippen molar-refractivity contribution in [2.24, 2.45) is 5.92 Å². The summed E-state index contributed by atoms with van der Waals surface area (Å²) in [5, 5.41) is 23.0. The van der Waals surface area contributed by atoms with E-state index in [2.05, 4.69) is 15.4 Å². The second-order valence-corrected chi connectivity index (χ2v) is 5.78. The maximum atomic E-state index is 10.1. The fourth-order valence-corrected chi connectivity index (χ4v) is 2.96. The van der Waals surface area contributed by atoms with E-state index in [1.54, 1.807) is 0 Å². The maximum absolute atomic E-state index is 10.1. The zero-order valence-electron chi connectivity index (χ0n) is 10.5. The molecule has 1 aliphatic heterocycles. The largest absolute Gasteiger partial charge is 0.391 e. The van der Waals surface area contributed by atoms with Crippen LogP contribution in [0.15, 0.2) is 10.6 Å². The number of aromatic nitrogens is 3. The van der Waals surface area contributed by atoms with Crippen molar-refractivity contribution in [1.82, 2.24) is 15.4 Å². The van der Waals surface area contributed by atoms with E-state index in [1.165, 1.54) is 11.3 Å². The van der Waals surface area contributed by atoms with Crippen LogP contribution in [0.5, 0.6) is 0 Å². The van der Waals surface area contributed by atoms with Crippen molar-refractivity contribution in [2.45, 2.75) is 19.4 Å². The Hall–Kier alpha value is -1.67. The minimum absolute atomic E-state index is 0.109. The van der Waals surface area contributed by atoms with E-state index in [0.29, 0.717) is 18.1 Å². The molecule has 1 fully saturated rings. The number of anilines is 2. The molecule has 3 rings (SSSR count). The van der Waals surface area contributed by atoms with E-state index in [1.807, 2.05) is 17.9 Å². The summed E-state index contributed by atoms with van der Waals surface area (Å²) in [5.41, 5.74) is 6.43. The molecule has 2 aromatic heterocycles. The van der Waals surface area contributed by atoms with E-state index in [0.717, 1.165) is 23.1 Å². The number of β-amino-alcohol motifs (C(OH)–C–C–N with tert-alkyl or cyclic N) is 1. The van der Waals surface area contributed by atoms with Crippen LogP contribution in [0.25, 0.3) is 0 Å². The average Bonchev–Trinajstić information content (AvgIpc) is 3.03. The van der Waals surface area contributed by atoms with E-state index in [9.17, 15) is 5.11 Å². The van der Waals surface area contributed by atoms with E-state index in [-0.39, 0.29) is 5.92 Å². The Balaban J connectivity index is 1.68. The molecule has 0 aliphatic carbocycles. The molecule has 7 nitrogen and oxygen atoms in total. The third-order valence-corrected chi connectivity index (χ3v) is 4.06. The van der Waals surface area contributed by atoms with Gasteiger partial charge in [-0.25, -0.2) is 0 Å². The topological polar surface area (TPSA) is 101 Å². The molecule has 8 heteroatoms. The summed E-state index contributed by atoms with van der Waals surface area (Å²) in [5.74, 6) is 0.914. The number of nitrogen functional groups attached to an aromatic ring is 1.